The third kappa shape index (κ3) is 4.49. The SMILES string of the molecule is CN(C)CCN(c1ccc([N+](=O)[O-])cc1)S(C)(=O)=O. The molecule has 0 aliphatic rings. The Labute approximate surface area is 112 Å². The largest absolute Gasteiger partial charge is 0.308 e. The van der Waals surface area contributed by atoms with Crippen LogP contribution in [0.25, 0.3) is 0 Å². The van der Waals surface area contributed by atoms with Crippen LogP contribution in [0.1, 0.15) is 0 Å². The standard InChI is InChI=1S/C11H17N3O4S/c1-12(2)8-9-13(19(3,17)18)10-4-6-11(7-5-10)14(15)16/h4-7H,8-9H2,1-3H3. The molecular weight excluding hydrogens is 270 g/mol. The molecule has 0 heterocycles. The summed E-state index contributed by atoms with van der Waals surface area (Å²) < 4.78 is 24.7. The first-order valence-electron chi connectivity index (χ1n) is 5.58. The number of hydrogen-bond acceptors (Lipinski definition) is 5. The Morgan fingerprint density at radius 3 is 2.05 bits per heavy atom. The summed E-state index contributed by atoms with van der Waals surface area (Å²) in [7, 11) is 0.277. The van der Waals surface area contributed by atoms with Crippen molar-refractivity contribution in [1.29, 1.82) is 0 Å². The van der Waals surface area contributed by atoms with Crippen molar-refractivity contribution < 1.29 is 13.3 Å². The molecular formula is C11H17N3O4S. The Morgan fingerprint density at radius 2 is 1.68 bits per heavy atom. The fourth-order valence-corrected chi connectivity index (χ4v) is 2.44. The summed E-state index contributed by atoms with van der Waals surface area (Å²) in [6.07, 6.45) is 1.12. The summed E-state index contributed by atoms with van der Waals surface area (Å²) >= 11 is 0. The van der Waals surface area contributed by atoms with Crippen LogP contribution in [0.5, 0.6) is 0 Å². The van der Waals surface area contributed by atoms with E-state index in [0.29, 0.717) is 18.8 Å². The first-order chi connectivity index (χ1) is 8.71. The summed E-state index contributed by atoms with van der Waals surface area (Å²) in [5.41, 5.74) is 0.361. The van der Waals surface area contributed by atoms with Crippen molar-refractivity contribution in [3.63, 3.8) is 0 Å². The average molecular weight is 287 g/mol. The first-order valence-corrected chi connectivity index (χ1v) is 7.43. The van der Waals surface area contributed by atoms with Gasteiger partial charge >= 0.3 is 0 Å². The van der Waals surface area contributed by atoms with Gasteiger partial charge in [-0.05, 0) is 26.2 Å². The molecule has 0 radical (unpaired) electrons. The van der Waals surface area contributed by atoms with E-state index < -0.39 is 14.9 Å². The predicted octanol–water partition coefficient (Wildman–Crippen LogP) is 0.922. The molecule has 0 spiro atoms. The molecule has 0 fully saturated rings. The topological polar surface area (TPSA) is 83.8 Å². The van der Waals surface area contributed by atoms with E-state index in [2.05, 4.69) is 0 Å². The Morgan fingerprint density at radius 1 is 1.16 bits per heavy atom. The minimum absolute atomic E-state index is 0.0650. The highest BCUT2D eigenvalue weighted by molar-refractivity contribution is 7.92. The third-order valence-corrected chi connectivity index (χ3v) is 3.69. The van der Waals surface area contributed by atoms with Gasteiger partial charge in [0.2, 0.25) is 10.0 Å². The van der Waals surface area contributed by atoms with Crippen molar-refractivity contribution in [3.05, 3.63) is 34.4 Å². The van der Waals surface area contributed by atoms with E-state index in [1.54, 1.807) is 0 Å². The lowest BCUT2D eigenvalue weighted by atomic mass is 10.3. The fourth-order valence-electron chi connectivity index (χ4n) is 1.52. The second-order valence-corrected chi connectivity index (χ2v) is 6.32. The quantitative estimate of drug-likeness (QED) is 0.574. The summed E-state index contributed by atoms with van der Waals surface area (Å²) in [5.74, 6) is 0. The molecule has 0 aromatic heterocycles. The van der Waals surface area contributed by atoms with Gasteiger partial charge in [-0.15, -0.1) is 0 Å². The van der Waals surface area contributed by atoms with E-state index in [0.717, 1.165) is 6.26 Å². The van der Waals surface area contributed by atoms with Crippen LogP contribution in [0.3, 0.4) is 0 Å². The molecule has 7 nitrogen and oxygen atoms in total. The number of likely N-dealkylation sites (N-methyl/N-ethyl adjacent to an activating group) is 1. The van der Waals surface area contributed by atoms with E-state index in [9.17, 15) is 18.5 Å². The van der Waals surface area contributed by atoms with Crippen LogP contribution in [0, 0.1) is 10.1 Å². The minimum Gasteiger partial charge on any atom is -0.308 e. The lowest BCUT2D eigenvalue weighted by Crippen LogP contribution is -2.35. The average Bonchev–Trinajstić information content (AvgIpc) is 2.27. The number of hydrogen-bond donors (Lipinski definition) is 0. The molecule has 1 aromatic carbocycles. The Hall–Kier alpha value is -1.67. The van der Waals surface area contributed by atoms with Gasteiger partial charge < -0.3 is 4.90 Å². The summed E-state index contributed by atoms with van der Waals surface area (Å²) in [6.45, 7) is 0.855. The molecule has 0 N–H and O–H groups in total. The van der Waals surface area contributed by atoms with Gasteiger partial charge in [-0.25, -0.2) is 8.42 Å². The lowest BCUT2D eigenvalue weighted by Gasteiger charge is -2.23. The van der Waals surface area contributed by atoms with E-state index in [4.69, 9.17) is 0 Å². The number of benzene rings is 1. The highest BCUT2D eigenvalue weighted by Crippen LogP contribution is 2.21. The van der Waals surface area contributed by atoms with Crippen LogP contribution in [0.15, 0.2) is 24.3 Å². The van der Waals surface area contributed by atoms with E-state index >= 15 is 0 Å². The van der Waals surface area contributed by atoms with Gasteiger partial charge in [0.05, 0.1) is 16.9 Å². The Balaban J connectivity index is 3.01. The van der Waals surface area contributed by atoms with Crippen molar-refractivity contribution in [2.24, 2.45) is 0 Å². The maximum absolute atomic E-state index is 11.7. The van der Waals surface area contributed by atoms with Crippen molar-refractivity contribution in [3.8, 4) is 0 Å². The van der Waals surface area contributed by atoms with Crippen molar-refractivity contribution in [2.45, 2.75) is 0 Å². The maximum atomic E-state index is 11.7. The number of sulfonamides is 1. The van der Waals surface area contributed by atoms with Gasteiger partial charge in [-0.1, -0.05) is 0 Å². The highest BCUT2D eigenvalue weighted by atomic mass is 32.2. The molecule has 0 atom stereocenters. The number of nitrogens with zero attached hydrogens (tertiary/aromatic N) is 3. The number of rotatable bonds is 6. The molecule has 0 amide bonds. The van der Waals surface area contributed by atoms with Gasteiger partial charge in [0, 0.05) is 25.2 Å². The van der Waals surface area contributed by atoms with Crippen LogP contribution in [0.2, 0.25) is 0 Å². The minimum atomic E-state index is -3.41. The van der Waals surface area contributed by atoms with Gasteiger partial charge in [0.25, 0.3) is 5.69 Å². The van der Waals surface area contributed by atoms with Gasteiger partial charge in [0.15, 0.2) is 0 Å². The summed E-state index contributed by atoms with van der Waals surface area (Å²) in [5, 5.41) is 10.6. The van der Waals surface area contributed by atoms with E-state index in [1.165, 1.54) is 28.6 Å². The van der Waals surface area contributed by atoms with Gasteiger partial charge in [-0.2, -0.15) is 0 Å². The fraction of sp³-hybridized carbons (Fsp3) is 0.455. The monoisotopic (exact) mass is 287 g/mol. The van der Waals surface area contributed by atoms with E-state index in [1.807, 2.05) is 19.0 Å². The van der Waals surface area contributed by atoms with Gasteiger partial charge in [0.1, 0.15) is 0 Å². The maximum Gasteiger partial charge on any atom is 0.269 e. The molecule has 0 aliphatic heterocycles. The van der Waals surface area contributed by atoms with Crippen LogP contribution < -0.4 is 4.31 Å². The molecule has 1 aromatic rings. The van der Waals surface area contributed by atoms with Gasteiger partial charge in [-0.3, -0.25) is 14.4 Å². The van der Waals surface area contributed by atoms with Crippen molar-refractivity contribution in [1.82, 2.24) is 4.90 Å². The highest BCUT2D eigenvalue weighted by Gasteiger charge is 2.18. The molecule has 0 bridgehead atoms. The summed E-state index contributed by atoms with van der Waals surface area (Å²) in [4.78, 5) is 11.9. The first kappa shape index (κ1) is 15.4. The van der Waals surface area contributed by atoms with E-state index in [-0.39, 0.29) is 5.69 Å². The molecule has 19 heavy (non-hydrogen) atoms. The Bertz CT molecular complexity index is 540. The van der Waals surface area contributed by atoms with Crippen molar-refractivity contribution in [2.75, 3.05) is 37.7 Å². The Kier molecular flexibility index (Phi) is 4.84. The summed E-state index contributed by atoms with van der Waals surface area (Å²) in [6, 6.07) is 5.47. The molecule has 0 unspecified atom stereocenters. The molecule has 0 saturated carbocycles. The molecule has 0 aliphatic carbocycles. The number of non-ortho nitro benzene ring substituents is 1. The second kappa shape index (κ2) is 5.98. The molecule has 8 heteroatoms. The normalized spacial score (nSPS) is 11.6. The smallest absolute Gasteiger partial charge is 0.269 e. The predicted molar refractivity (Wildman–Crippen MR) is 73.8 cm³/mol. The zero-order valence-electron chi connectivity index (χ0n) is 11.1. The zero-order valence-corrected chi connectivity index (χ0v) is 11.9. The van der Waals surface area contributed by atoms with Crippen LogP contribution in [-0.4, -0.2) is 51.7 Å². The number of nitro groups is 1. The second-order valence-electron chi connectivity index (χ2n) is 4.41. The molecule has 1 rings (SSSR count). The van der Waals surface area contributed by atoms with Crippen LogP contribution in [-0.2, 0) is 10.0 Å². The van der Waals surface area contributed by atoms with Crippen LogP contribution in [0.4, 0.5) is 11.4 Å². The van der Waals surface area contributed by atoms with Crippen molar-refractivity contribution >= 4 is 21.4 Å². The van der Waals surface area contributed by atoms with Crippen LogP contribution >= 0.6 is 0 Å². The lowest BCUT2D eigenvalue weighted by molar-refractivity contribution is -0.384. The molecule has 106 valence electrons. The number of nitro benzene ring substituents is 1. The zero-order chi connectivity index (χ0) is 14.6. The molecule has 0 saturated heterocycles. The number of anilines is 1. The third-order valence-electron chi connectivity index (χ3n) is 2.50.